The van der Waals surface area contributed by atoms with E-state index in [9.17, 15) is 9.59 Å². The number of ether oxygens (including phenoxy) is 1. The Kier molecular flexibility index (Phi) is 7.27. The Bertz CT molecular complexity index is 866. The summed E-state index contributed by atoms with van der Waals surface area (Å²) in [4.78, 5) is 28.6. The molecule has 2 fully saturated rings. The summed E-state index contributed by atoms with van der Waals surface area (Å²) in [5.41, 5.74) is 1.26. The van der Waals surface area contributed by atoms with E-state index in [2.05, 4.69) is 15.5 Å². The van der Waals surface area contributed by atoms with Crippen molar-refractivity contribution in [3.05, 3.63) is 71.8 Å². The summed E-state index contributed by atoms with van der Waals surface area (Å²) in [7, 11) is 0. The predicted octanol–water partition coefficient (Wildman–Crippen LogP) is 2.48. The maximum atomic E-state index is 13.3. The summed E-state index contributed by atoms with van der Waals surface area (Å²) in [6.45, 7) is 3.83. The lowest BCUT2D eigenvalue weighted by Gasteiger charge is -2.43. The molecule has 2 aliphatic rings. The first-order chi connectivity index (χ1) is 15.2. The summed E-state index contributed by atoms with van der Waals surface area (Å²) in [5, 5.41) is 6.10. The third-order valence-corrected chi connectivity index (χ3v) is 7.30. The van der Waals surface area contributed by atoms with Gasteiger partial charge in [0.1, 0.15) is 6.04 Å². The third-order valence-electron chi connectivity index (χ3n) is 6.06. The molecule has 0 bridgehead atoms. The van der Waals surface area contributed by atoms with E-state index in [4.69, 9.17) is 4.74 Å². The van der Waals surface area contributed by atoms with Gasteiger partial charge in [-0.15, -0.1) is 0 Å². The van der Waals surface area contributed by atoms with Crippen molar-refractivity contribution in [2.24, 2.45) is 0 Å². The molecule has 0 spiro atoms. The highest BCUT2D eigenvalue weighted by Gasteiger charge is 2.41. The SMILES string of the molecule is O=C(NC(C(=O)NCC1(N2CCOCC2)CCSC1)c1ccccc1)c1ccccc1. The average molecular weight is 440 g/mol. The van der Waals surface area contributed by atoms with Crippen LogP contribution in [0.1, 0.15) is 28.4 Å². The Morgan fingerprint density at radius 1 is 1.03 bits per heavy atom. The minimum absolute atomic E-state index is 0.0468. The van der Waals surface area contributed by atoms with E-state index in [1.807, 2.05) is 60.3 Å². The van der Waals surface area contributed by atoms with Gasteiger partial charge in [0.15, 0.2) is 0 Å². The number of morpholine rings is 1. The zero-order valence-corrected chi connectivity index (χ0v) is 18.4. The van der Waals surface area contributed by atoms with Crippen molar-refractivity contribution >= 4 is 23.6 Å². The number of benzene rings is 2. The van der Waals surface area contributed by atoms with Crippen molar-refractivity contribution < 1.29 is 14.3 Å². The van der Waals surface area contributed by atoms with Crippen molar-refractivity contribution in [2.45, 2.75) is 18.0 Å². The molecule has 2 atom stereocenters. The zero-order chi connectivity index (χ0) is 21.5. The van der Waals surface area contributed by atoms with Crippen LogP contribution in [0.4, 0.5) is 0 Å². The number of hydrogen-bond acceptors (Lipinski definition) is 5. The van der Waals surface area contributed by atoms with Crippen LogP contribution in [0.2, 0.25) is 0 Å². The molecule has 2 saturated heterocycles. The second kappa shape index (κ2) is 10.3. The van der Waals surface area contributed by atoms with Crippen LogP contribution in [0.15, 0.2) is 60.7 Å². The third kappa shape index (κ3) is 5.29. The number of carbonyl (C=O) groups is 2. The molecule has 0 radical (unpaired) electrons. The molecule has 2 aromatic rings. The van der Waals surface area contributed by atoms with Crippen molar-refractivity contribution in [1.29, 1.82) is 0 Å². The molecule has 31 heavy (non-hydrogen) atoms. The van der Waals surface area contributed by atoms with E-state index in [0.29, 0.717) is 12.1 Å². The fourth-order valence-corrected chi connectivity index (χ4v) is 5.72. The largest absolute Gasteiger partial charge is 0.379 e. The number of amides is 2. The lowest BCUT2D eigenvalue weighted by atomic mass is 9.95. The molecule has 2 amide bonds. The van der Waals surface area contributed by atoms with Crippen LogP contribution in [0, 0.1) is 0 Å². The van der Waals surface area contributed by atoms with Gasteiger partial charge in [0.25, 0.3) is 5.91 Å². The fourth-order valence-electron chi connectivity index (χ4n) is 4.24. The topological polar surface area (TPSA) is 70.7 Å². The molecular weight excluding hydrogens is 410 g/mol. The molecule has 0 saturated carbocycles. The Hall–Kier alpha value is -2.35. The lowest BCUT2D eigenvalue weighted by Crippen LogP contribution is -2.59. The van der Waals surface area contributed by atoms with Crippen LogP contribution in [-0.2, 0) is 9.53 Å². The van der Waals surface area contributed by atoms with Crippen molar-refractivity contribution in [2.75, 3.05) is 44.4 Å². The van der Waals surface area contributed by atoms with Gasteiger partial charge < -0.3 is 15.4 Å². The normalized spacial score (nSPS) is 22.6. The van der Waals surface area contributed by atoms with Crippen molar-refractivity contribution in [1.82, 2.24) is 15.5 Å². The van der Waals surface area contributed by atoms with E-state index < -0.39 is 6.04 Å². The van der Waals surface area contributed by atoms with Gasteiger partial charge in [-0.05, 0) is 29.9 Å². The minimum atomic E-state index is -0.746. The van der Waals surface area contributed by atoms with Gasteiger partial charge in [0, 0.05) is 36.5 Å². The van der Waals surface area contributed by atoms with E-state index in [0.717, 1.165) is 49.8 Å². The highest BCUT2D eigenvalue weighted by atomic mass is 32.2. The van der Waals surface area contributed by atoms with Gasteiger partial charge in [-0.2, -0.15) is 11.8 Å². The lowest BCUT2D eigenvalue weighted by molar-refractivity contribution is -0.124. The Labute approximate surface area is 187 Å². The van der Waals surface area contributed by atoms with Gasteiger partial charge in [-0.3, -0.25) is 14.5 Å². The summed E-state index contributed by atoms with van der Waals surface area (Å²) in [5.74, 6) is 1.66. The molecular formula is C24H29N3O3S. The van der Waals surface area contributed by atoms with Gasteiger partial charge >= 0.3 is 0 Å². The molecule has 4 rings (SSSR count). The van der Waals surface area contributed by atoms with Gasteiger partial charge in [0.05, 0.1) is 13.2 Å². The van der Waals surface area contributed by atoms with E-state index in [-0.39, 0.29) is 17.4 Å². The standard InChI is InChI=1S/C24H29N3O3S/c28-22(20-9-5-2-6-10-20)26-21(19-7-3-1-4-8-19)23(29)25-17-24(11-16-31-18-24)27-12-14-30-15-13-27/h1-10,21H,11-18H2,(H,25,29)(H,26,28). The Morgan fingerprint density at radius 2 is 1.71 bits per heavy atom. The number of rotatable bonds is 7. The summed E-state index contributed by atoms with van der Waals surface area (Å²) in [6.07, 6.45) is 1.05. The first-order valence-electron chi connectivity index (χ1n) is 10.8. The van der Waals surface area contributed by atoms with Crippen LogP contribution in [0.25, 0.3) is 0 Å². The van der Waals surface area contributed by atoms with Crippen LogP contribution in [0.3, 0.4) is 0 Å². The highest BCUT2D eigenvalue weighted by molar-refractivity contribution is 7.99. The number of carbonyl (C=O) groups excluding carboxylic acids is 2. The molecule has 2 heterocycles. The fraction of sp³-hybridized carbons (Fsp3) is 0.417. The van der Waals surface area contributed by atoms with Gasteiger partial charge in [-0.25, -0.2) is 0 Å². The molecule has 6 nitrogen and oxygen atoms in total. The number of thioether (sulfide) groups is 1. The maximum Gasteiger partial charge on any atom is 0.252 e. The number of hydrogen-bond donors (Lipinski definition) is 2. The summed E-state index contributed by atoms with van der Waals surface area (Å²) < 4.78 is 5.53. The zero-order valence-electron chi connectivity index (χ0n) is 17.6. The summed E-state index contributed by atoms with van der Waals surface area (Å²) >= 11 is 1.94. The summed E-state index contributed by atoms with van der Waals surface area (Å²) in [6, 6.07) is 17.7. The van der Waals surface area contributed by atoms with E-state index in [1.54, 1.807) is 12.1 Å². The molecule has 2 N–H and O–H groups in total. The Morgan fingerprint density at radius 3 is 2.35 bits per heavy atom. The second-order valence-corrected chi connectivity index (χ2v) is 9.13. The van der Waals surface area contributed by atoms with Crippen molar-refractivity contribution in [3.63, 3.8) is 0 Å². The molecule has 7 heteroatoms. The molecule has 0 aromatic heterocycles. The number of nitrogens with zero attached hydrogens (tertiary/aromatic N) is 1. The number of nitrogens with one attached hydrogen (secondary N) is 2. The van der Waals surface area contributed by atoms with Crippen LogP contribution in [0.5, 0.6) is 0 Å². The molecule has 0 aliphatic carbocycles. The molecule has 2 aliphatic heterocycles. The van der Waals surface area contributed by atoms with Crippen LogP contribution < -0.4 is 10.6 Å². The predicted molar refractivity (Wildman–Crippen MR) is 123 cm³/mol. The van der Waals surface area contributed by atoms with Gasteiger partial charge in [-0.1, -0.05) is 48.5 Å². The first kappa shape index (κ1) is 21.9. The van der Waals surface area contributed by atoms with Crippen LogP contribution >= 0.6 is 11.8 Å². The van der Waals surface area contributed by atoms with Crippen LogP contribution in [-0.4, -0.2) is 66.6 Å². The first-order valence-corrected chi connectivity index (χ1v) is 11.9. The van der Waals surface area contributed by atoms with Crippen molar-refractivity contribution in [3.8, 4) is 0 Å². The monoisotopic (exact) mass is 439 g/mol. The Balaban J connectivity index is 1.48. The minimum Gasteiger partial charge on any atom is -0.379 e. The average Bonchev–Trinajstić information content (AvgIpc) is 3.33. The highest BCUT2D eigenvalue weighted by Crippen LogP contribution is 2.33. The molecule has 2 aromatic carbocycles. The smallest absolute Gasteiger partial charge is 0.252 e. The second-order valence-electron chi connectivity index (χ2n) is 8.03. The quantitative estimate of drug-likeness (QED) is 0.694. The van der Waals surface area contributed by atoms with Gasteiger partial charge in [0.2, 0.25) is 5.91 Å². The maximum absolute atomic E-state index is 13.3. The molecule has 164 valence electrons. The van der Waals surface area contributed by atoms with E-state index in [1.165, 1.54) is 0 Å². The van der Waals surface area contributed by atoms with E-state index >= 15 is 0 Å². The molecule has 2 unspecified atom stereocenters.